The monoisotopic (exact) mass is 235 g/mol. The van der Waals surface area contributed by atoms with Crippen LogP contribution >= 0.6 is 11.5 Å². The van der Waals surface area contributed by atoms with Gasteiger partial charge in [0.15, 0.2) is 0 Å². The maximum absolute atomic E-state index is 10.7. The smallest absolute Gasteiger partial charge is 0.347 e. The lowest BCUT2D eigenvalue weighted by atomic mass is 10.1. The van der Waals surface area contributed by atoms with Crippen LogP contribution < -0.4 is 4.74 Å². The minimum atomic E-state index is -0.947. The topological polar surface area (TPSA) is 59.4 Å². The number of ether oxygens (including phenoxy) is 1. The average Bonchev–Trinajstić information content (AvgIpc) is 2.78. The lowest BCUT2D eigenvalue weighted by Crippen LogP contribution is -1.89. The lowest BCUT2D eigenvalue weighted by Gasteiger charge is -1.99. The molecule has 0 atom stereocenters. The van der Waals surface area contributed by atoms with Crippen molar-refractivity contribution in [2.45, 2.75) is 0 Å². The molecule has 0 spiro atoms. The van der Waals surface area contributed by atoms with Crippen molar-refractivity contribution in [2.75, 3.05) is 7.11 Å². The number of carbonyl (C=O) groups is 1. The number of aromatic carboxylic acids is 1. The maximum atomic E-state index is 10.7. The van der Waals surface area contributed by atoms with Crippen LogP contribution in [0.1, 0.15) is 9.67 Å². The summed E-state index contributed by atoms with van der Waals surface area (Å²) in [6, 6.07) is 8.89. The Bertz CT molecular complexity index is 504. The third-order valence-electron chi connectivity index (χ3n) is 2.11. The molecule has 1 N–H and O–H groups in total. The quantitative estimate of drug-likeness (QED) is 0.888. The number of benzene rings is 1. The van der Waals surface area contributed by atoms with Crippen molar-refractivity contribution in [3.05, 3.63) is 35.2 Å². The van der Waals surface area contributed by atoms with E-state index in [1.54, 1.807) is 13.2 Å². The van der Waals surface area contributed by atoms with Crippen molar-refractivity contribution >= 4 is 17.5 Å². The molecular weight excluding hydrogens is 226 g/mol. The molecule has 5 heteroatoms. The molecule has 0 aliphatic heterocycles. The Labute approximate surface area is 96.3 Å². The lowest BCUT2D eigenvalue weighted by molar-refractivity contribution is 0.0702. The standard InChI is InChI=1S/C11H9NO3S/c1-15-8-4-2-7(3-5-8)9-6-10(11(13)14)16-12-9/h2-6H,1H3,(H,13,14). The molecule has 82 valence electrons. The average molecular weight is 235 g/mol. The van der Waals surface area contributed by atoms with Crippen LogP contribution in [0.5, 0.6) is 5.75 Å². The minimum Gasteiger partial charge on any atom is -0.497 e. The predicted octanol–water partition coefficient (Wildman–Crippen LogP) is 2.52. The fourth-order valence-electron chi connectivity index (χ4n) is 1.27. The van der Waals surface area contributed by atoms with E-state index in [0.717, 1.165) is 22.8 Å². The summed E-state index contributed by atoms with van der Waals surface area (Å²) >= 11 is 0.982. The molecule has 0 saturated heterocycles. The molecule has 0 aliphatic carbocycles. The zero-order valence-corrected chi connectivity index (χ0v) is 9.32. The van der Waals surface area contributed by atoms with Crippen molar-refractivity contribution in [1.82, 2.24) is 4.37 Å². The summed E-state index contributed by atoms with van der Waals surface area (Å²) in [7, 11) is 1.60. The molecule has 0 fully saturated rings. The van der Waals surface area contributed by atoms with Gasteiger partial charge in [0.25, 0.3) is 0 Å². The number of hydrogen-bond donors (Lipinski definition) is 1. The Morgan fingerprint density at radius 3 is 2.56 bits per heavy atom. The van der Waals surface area contributed by atoms with Gasteiger partial charge in [0.1, 0.15) is 10.6 Å². The molecule has 0 amide bonds. The van der Waals surface area contributed by atoms with Crippen molar-refractivity contribution in [2.24, 2.45) is 0 Å². The largest absolute Gasteiger partial charge is 0.497 e. The number of aromatic nitrogens is 1. The van der Waals surface area contributed by atoms with Gasteiger partial charge in [0, 0.05) is 5.56 Å². The van der Waals surface area contributed by atoms with E-state index in [1.165, 1.54) is 0 Å². The first-order valence-corrected chi connectivity index (χ1v) is 5.32. The van der Waals surface area contributed by atoms with Gasteiger partial charge in [-0.25, -0.2) is 4.79 Å². The molecule has 2 aromatic rings. The molecule has 1 heterocycles. The van der Waals surface area contributed by atoms with Crippen LogP contribution in [0.2, 0.25) is 0 Å². The fraction of sp³-hybridized carbons (Fsp3) is 0.0909. The van der Waals surface area contributed by atoms with Crippen molar-refractivity contribution in [1.29, 1.82) is 0 Å². The maximum Gasteiger partial charge on any atom is 0.347 e. The summed E-state index contributed by atoms with van der Waals surface area (Å²) in [6.07, 6.45) is 0. The van der Waals surface area contributed by atoms with Gasteiger partial charge < -0.3 is 9.84 Å². The Balaban J connectivity index is 2.31. The van der Waals surface area contributed by atoms with Crippen LogP contribution in [-0.4, -0.2) is 22.6 Å². The predicted molar refractivity (Wildman–Crippen MR) is 61.1 cm³/mol. The molecule has 16 heavy (non-hydrogen) atoms. The van der Waals surface area contributed by atoms with Gasteiger partial charge in [0.05, 0.1) is 12.8 Å². The van der Waals surface area contributed by atoms with Gasteiger partial charge in [0.2, 0.25) is 0 Å². The number of nitrogens with zero attached hydrogens (tertiary/aromatic N) is 1. The van der Waals surface area contributed by atoms with Gasteiger partial charge in [-0.1, -0.05) is 0 Å². The van der Waals surface area contributed by atoms with Gasteiger partial charge in [-0.05, 0) is 41.9 Å². The molecule has 0 radical (unpaired) electrons. The first kappa shape index (κ1) is 10.6. The molecule has 0 saturated carbocycles. The Morgan fingerprint density at radius 2 is 2.06 bits per heavy atom. The second-order valence-electron chi connectivity index (χ2n) is 3.11. The summed E-state index contributed by atoms with van der Waals surface area (Å²) in [5.41, 5.74) is 1.55. The molecule has 2 rings (SSSR count). The summed E-state index contributed by atoms with van der Waals surface area (Å²) < 4.78 is 9.12. The third-order valence-corrected chi connectivity index (χ3v) is 2.88. The van der Waals surface area contributed by atoms with Gasteiger partial charge in [-0.2, -0.15) is 4.37 Å². The summed E-state index contributed by atoms with van der Waals surface area (Å²) in [4.78, 5) is 10.9. The highest BCUT2D eigenvalue weighted by molar-refractivity contribution is 7.08. The normalized spacial score (nSPS) is 10.1. The van der Waals surface area contributed by atoms with Gasteiger partial charge in [-0.3, -0.25) is 0 Å². The number of hydrogen-bond acceptors (Lipinski definition) is 4. The molecule has 0 aliphatic rings. The second kappa shape index (κ2) is 4.32. The van der Waals surface area contributed by atoms with E-state index >= 15 is 0 Å². The molecule has 1 aromatic carbocycles. The zero-order valence-electron chi connectivity index (χ0n) is 8.51. The third kappa shape index (κ3) is 2.04. The number of rotatable bonds is 3. The van der Waals surface area contributed by atoms with E-state index < -0.39 is 5.97 Å². The van der Waals surface area contributed by atoms with Crippen LogP contribution in [0.4, 0.5) is 0 Å². The van der Waals surface area contributed by atoms with Crippen LogP contribution in [-0.2, 0) is 0 Å². The van der Waals surface area contributed by atoms with E-state index in [1.807, 2.05) is 24.3 Å². The van der Waals surface area contributed by atoms with E-state index in [-0.39, 0.29) is 4.88 Å². The molecule has 1 aromatic heterocycles. The number of carboxylic acids is 1. The summed E-state index contributed by atoms with van der Waals surface area (Å²) in [6.45, 7) is 0. The van der Waals surface area contributed by atoms with Crippen LogP contribution in [0.25, 0.3) is 11.3 Å². The summed E-state index contributed by atoms with van der Waals surface area (Å²) in [5, 5.41) is 8.78. The zero-order chi connectivity index (χ0) is 11.5. The van der Waals surface area contributed by atoms with Crippen LogP contribution in [0.15, 0.2) is 30.3 Å². The van der Waals surface area contributed by atoms with Crippen molar-refractivity contribution in [3.8, 4) is 17.0 Å². The first-order valence-electron chi connectivity index (χ1n) is 4.55. The van der Waals surface area contributed by atoms with Crippen molar-refractivity contribution < 1.29 is 14.6 Å². The van der Waals surface area contributed by atoms with E-state index in [0.29, 0.717) is 5.69 Å². The summed E-state index contributed by atoms with van der Waals surface area (Å²) in [5.74, 6) is -0.185. The van der Waals surface area contributed by atoms with Crippen molar-refractivity contribution in [3.63, 3.8) is 0 Å². The molecular formula is C11H9NO3S. The van der Waals surface area contributed by atoms with Gasteiger partial charge in [-0.15, -0.1) is 0 Å². The van der Waals surface area contributed by atoms with E-state index in [4.69, 9.17) is 9.84 Å². The van der Waals surface area contributed by atoms with Gasteiger partial charge >= 0.3 is 5.97 Å². The minimum absolute atomic E-state index is 0.241. The number of carboxylic acid groups (broad SMARTS) is 1. The highest BCUT2D eigenvalue weighted by atomic mass is 32.1. The Kier molecular flexibility index (Phi) is 2.87. The molecule has 0 unspecified atom stereocenters. The first-order chi connectivity index (χ1) is 7.70. The van der Waals surface area contributed by atoms with Crippen LogP contribution in [0.3, 0.4) is 0 Å². The van der Waals surface area contributed by atoms with E-state index in [9.17, 15) is 4.79 Å². The molecule has 4 nitrogen and oxygen atoms in total. The number of methoxy groups -OCH3 is 1. The highest BCUT2D eigenvalue weighted by Crippen LogP contribution is 2.24. The Hall–Kier alpha value is -1.88. The SMILES string of the molecule is COc1ccc(-c2cc(C(=O)O)sn2)cc1. The Morgan fingerprint density at radius 1 is 1.38 bits per heavy atom. The second-order valence-corrected chi connectivity index (χ2v) is 3.92. The van der Waals surface area contributed by atoms with Crippen LogP contribution in [0, 0.1) is 0 Å². The highest BCUT2D eigenvalue weighted by Gasteiger charge is 2.09. The fourth-order valence-corrected chi connectivity index (χ4v) is 1.87. The molecule has 0 bridgehead atoms. The van der Waals surface area contributed by atoms with E-state index in [2.05, 4.69) is 4.37 Å².